The van der Waals surface area contributed by atoms with E-state index in [1.807, 2.05) is 50.2 Å². The van der Waals surface area contributed by atoms with Crippen LogP contribution in [0.3, 0.4) is 0 Å². The molecule has 24 heavy (non-hydrogen) atoms. The van der Waals surface area contributed by atoms with Crippen LogP contribution < -0.4 is 10.9 Å². The predicted octanol–water partition coefficient (Wildman–Crippen LogP) is 2.84. The molecule has 1 aromatic heterocycles. The lowest BCUT2D eigenvalue weighted by molar-refractivity contribution is 0.403. The Hall–Kier alpha value is -2.66. The highest BCUT2D eigenvalue weighted by Gasteiger charge is 2.12. The Morgan fingerprint density at radius 3 is 2.75 bits per heavy atom. The fourth-order valence-corrected chi connectivity index (χ4v) is 2.89. The molecule has 0 saturated carbocycles. The molecule has 124 valence electrons. The summed E-state index contributed by atoms with van der Waals surface area (Å²) in [5.41, 5.74) is 0.924. The Bertz CT molecular complexity index is 904. The summed E-state index contributed by atoms with van der Waals surface area (Å²) in [6.45, 7) is 4.53. The van der Waals surface area contributed by atoms with Crippen molar-refractivity contribution in [3.63, 3.8) is 0 Å². The Labute approximate surface area is 140 Å². The lowest BCUT2D eigenvalue weighted by atomic mass is 10.1. The summed E-state index contributed by atoms with van der Waals surface area (Å²) in [5.74, 6) is 0.251. The fourth-order valence-electron chi connectivity index (χ4n) is 2.89. The van der Waals surface area contributed by atoms with E-state index in [1.54, 1.807) is 18.3 Å². The van der Waals surface area contributed by atoms with Crippen LogP contribution in [0.25, 0.3) is 10.8 Å². The van der Waals surface area contributed by atoms with Crippen molar-refractivity contribution in [2.24, 2.45) is 0 Å². The van der Waals surface area contributed by atoms with Crippen molar-refractivity contribution in [3.8, 4) is 5.75 Å². The minimum Gasteiger partial charge on any atom is -0.508 e. The predicted molar refractivity (Wildman–Crippen MR) is 95.1 cm³/mol. The van der Waals surface area contributed by atoms with Gasteiger partial charge in [0.1, 0.15) is 5.75 Å². The molecule has 0 aliphatic carbocycles. The third kappa shape index (κ3) is 3.46. The van der Waals surface area contributed by atoms with Gasteiger partial charge in [0, 0.05) is 17.5 Å². The van der Waals surface area contributed by atoms with E-state index in [2.05, 4.69) is 10.4 Å². The molecule has 0 spiro atoms. The molecule has 2 aromatic carbocycles. The van der Waals surface area contributed by atoms with Crippen LogP contribution in [0.4, 0.5) is 0 Å². The van der Waals surface area contributed by atoms with Gasteiger partial charge in [0.2, 0.25) is 0 Å². The Balaban J connectivity index is 1.74. The van der Waals surface area contributed by atoms with E-state index < -0.39 is 0 Å². The molecule has 0 aliphatic heterocycles. The molecule has 3 rings (SSSR count). The highest BCUT2D eigenvalue weighted by molar-refractivity contribution is 5.80. The van der Waals surface area contributed by atoms with Crippen molar-refractivity contribution >= 4 is 10.8 Å². The molecule has 2 atom stereocenters. The lowest BCUT2D eigenvalue weighted by Gasteiger charge is -2.21. The smallest absolute Gasteiger partial charge is 0.274 e. The molecule has 5 heteroatoms. The van der Waals surface area contributed by atoms with E-state index in [1.165, 1.54) is 4.68 Å². The van der Waals surface area contributed by atoms with Crippen LogP contribution in [-0.4, -0.2) is 20.9 Å². The normalized spacial score (nSPS) is 13.8. The molecular formula is C19H21N3O2. The number of aromatic hydroxyl groups is 1. The van der Waals surface area contributed by atoms with Crippen LogP contribution in [0, 0.1) is 0 Å². The summed E-state index contributed by atoms with van der Waals surface area (Å²) in [6, 6.07) is 14.8. The third-order valence-electron chi connectivity index (χ3n) is 4.11. The van der Waals surface area contributed by atoms with Gasteiger partial charge in [0.05, 0.1) is 18.1 Å². The molecule has 1 heterocycles. The zero-order valence-corrected chi connectivity index (χ0v) is 13.8. The van der Waals surface area contributed by atoms with Crippen LogP contribution >= 0.6 is 0 Å². The number of hydrogen-bond donors (Lipinski definition) is 2. The molecule has 0 amide bonds. The van der Waals surface area contributed by atoms with Gasteiger partial charge in [0.25, 0.3) is 5.56 Å². The second-order valence-electron chi connectivity index (χ2n) is 6.10. The van der Waals surface area contributed by atoms with Gasteiger partial charge in [0.15, 0.2) is 0 Å². The van der Waals surface area contributed by atoms with Crippen molar-refractivity contribution in [2.45, 2.75) is 32.5 Å². The maximum atomic E-state index is 12.5. The van der Waals surface area contributed by atoms with Crippen molar-refractivity contribution < 1.29 is 5.11 Å². The summed E-state index contributed by atoms with van der Waals surface area (Å²) in [6.07, 6.45) is 1.72. The molecule has 0 bridgehead atoms. The standard InChI is InChI=1S/C19H21N3O2/c1-13(21-14(2)15-7-5-8-17(23)10-15)12-22-19(24)18-9-4-3-6-16(18)11-20-22/h3-11,13-14,21,23H,12H2,1-2H3/t13-,14-/m1/s1. The van der Waals surface area contributed by atoms with Crippen LogP contribution in [0.1, 0.15) is 25.5 Å². The van der Waals surface area contributed by atoms with Gasteiger partial charge in [-0.05, 0) is 37.6 Å². The van der Waals surface area contributed by atoms with E-state index in [0.29, 0.717) is 11.9 Å². The lowest BCUT2D eigenvalue weighted by Crippen LogP contribution is -2.36. The van der Waals surface area contributed by atoms with E-state index in [4.69, 9.17) is 0 Å². The van der Waals surface area contributed by atoms with Crippen molar-refractivity contribution in [1.29, 1.82) is 0 Å². The summed E-state index contributed by atoms with van der Waals surface area (Å²) >= 11 is 0. The third-order valence-corrected chi connectivity index (χ3v) is 4.11. The van der Waals surface area contributed by atoms with Crippen LogP contribution in [-0.2, 0) is 6.54 Å². The number of aromatic nitrogens is 2. The molecule has 3 aromatic rings. The highest BCUT2D eigenvalue weighted by Crippen LogP contribution is 2.18. The topological polar surface area (TPSA) is 67.2 Å². The van der Waals surface area contributed by atoms with Gasteiger partial charge in [-0.15, -0.1) is 0 Å². The van der Waals surface area contributed by atoms with E-state index in [-0.39, 0.29) is 23.4 Å². The van der Waals surface area contributed by atoms with Gasteiger partial charge < -0.3 is 10.4 Å². The van der Waals surface area contributed by atoms with Gasteiger partial charge in [-0.2, -0.15) is 5.10 Å². The first-order valence-electron chi connectivity index (χ1n) is 8.04. The number of phenolic OH excluding ortho intramolecular Hbond substituents is 1. The van der Waals surface area contributed by atoms with Crippen molar-refractivity contribution in [1.82, 2.24) is 15.1 Å². The summed E-state index contributed by atoms with van der Waals surface area (Å²) < 4.78 is 1.50. The fraction of sp³-hybridized carbons (Fsp3) is 0.263. The molecule has 0 saturated heterocycles. The monoisotopic (exact) mass is 323 g/mol. The maximum Gasteiger partial charge on any atom is 0.274 e. The average Bonchev–Trinajstić information content (AvgIpc) is 2.57. The average molecular weight is 323 g/mol. The number of hydrogen-bond acceptors (Lipinski definition) is 4. The molecule has 0 fully saturated rings. The van der Waals surface area contributed by atoms with Crippen molar-refractivity contribution in [3.05, 3.63) is 70.6 Å². The molecule has 0 radical (unpaired) electrons. The number of phenols is 1. The largest absolute Gasteiger partial charge is 0.508 e. The number of nitrogens with one attached hydrogen (secondary N) is 1. The first-order valence-corrected chi connectivity index (χ1v) is 8.04. The van der Waals surface area contributed by atoms with E-state index >= 15 is 0 Å². The Morgan fingerprint density at radius 2 is 1.96 bits per heavy atom. The van der Waals surface area contributed by atoms with Crippen LogP contribution in [0.2, 0.25) is 0 Å². The first-order chi connectivity index (χ1) is 11.5. The van der Waals surface area contributed by atoms with Gasteiger partial charge in [-0.1, -0.05) is 30.3 Å². The van der Waals surface area contributed by atoms with Gasteiger partial charge in [-0.3, -0.25) is 4.79 Å². The van der Waals surface area contributed by atoms with Crippen LogP contribution in [0.15, 0.2) is 59.5 Å². The Kier molecular flexibility index (Phi) is 4.62. The van der Waals surface area contributed by atoms with Crippen molar-refractivity contribution in [2.75, 3.05) is 0 Å². The molecule has 0 unspecified atom stereocenters. The quantitative estimate of drug-likeness (QED) is 0.758. The highest BCUT2D eigenvalue weighted by atomic mass is 16.3. The number of fused-ring (bicyclic) bond motifs is 1. The zero-order chi connectivity index (χ0) is 17.1. The van der Waals surface area contributed by atoms with Gasteiger partial charge in [-0.25, -0.2) is 4.68 Å². The number of nitrogens with zero attached hydrogens (tertiary/aromatic N) is 2. The first kappa shape index (κ1) is 16.2. The maximum absolute atomic E-state index is 12.5. The van der Waals surface area contributed by atoms with Gasteiger partial charge >= 0.3 is 0 Å². The van der Waals surface area contributed by atoms with E-state index in [9.17, 15) is 9.90 Å². The number of benzene rings is 2. The zero-order valence-electron chi connectivity index (χ0n) is 13.8. The summed E-state index contributed by atoms with van der Waals surface area (Å²) in [7, 11) is 0. The minimum absolute atomic E-state index is 0.0497. The Morgan fingerprint density at radius 1 is 1.17 bits per heavy atom. The molecular weight excluding hydrogens is 302 g/mol. The SMILES string of the molecule is C[C@H](Cn1ncc2ccccc2c1=O)N[C@H](C)c1cccc(O)c1. The second kappa shape index (κ2) is 6.84. The van der Waals surface area contributed by atoms with Crippen LogP contribution in [0.5, 0.6) is 5.75 Å². The summed E-state index contributed by atoms with van der Waals surface area (Å²) in [4.78, 5) is 12.5. The second-order valence-corrected chi connectivity index (χ2v) is 6.10. The van der Waals surface area contributed by atoms with E-state index in [0.717, 1.165) is 10.9 Å². The minimum atomic E-state index is -0.0771. The number of rotatable bonds is 5. The molecule has 0 aliphatic rings. The summed E-state index contributed by atoms with van der Waals surface area (Å²) in [5, 5.41) is 18.8. The molecule has 5 nitrogen and oxygen atoms in total. The molecule has 2 N–H and O–H groups in total.